The first-order valence-corrected chi connectivity index (χ1v) is 5.75. The minimum atomic E-state index is -0.408. The number of hydrogen-bond acceptors (Lipinski definition) is 3. The minimum absolute atomic E-state index is 0.184. The number of nitrogens with two attached hydrogens (primary N) is 1. The molecule has 0 aliphatic carbocycles. The van der Waals surface area contributed by atoms with Gasteiger partial charge in [0.25, 0.3) is 0 Å². The van der Waals surface area contributed by atoms with Crippen molar-refractivity contribution >= 4 is 5.69 Å². The molecule has 0 aliphatic rings. The predicted octanol–water partition coefficient (Wildman–Crippen LogP) is 2.66. The molecule has 0 spiro atoms. The van der Waals surface area contributed by atoms with E-state index in [1.807, 2.05) is 24.3 Å². The van der Waals surface area contributed by atoms with E-state index in [0.29, 0.717) is 5.69 Å². The molecule has 94 valence electrons. The highest BCUT2D eigenvalue weighted by atomic mass is 19.1. The van der Waals surface area contributed by atoms with Gasteiger partial charge >= 0.3 is 0 Å². The lowest BCUT2D eigenvalue weighted by Gasteiger charge is -2.00. The monoisotopic (exact) mass is 254 g/mol. The van der Waals surface area contributed by atoms with Crippen molar-refractivity contribution in [3.05, 3.63) is 60.8 Å². The van der Waals surface area contributed by atoms with Gasteiger partial charge in [-0.15, -0.1) is 0 Å². The van der Waals surface area contributed by atoms with E-state index in [0.717, 1.165) is 11.1 Å². The van der Waals surface area contributed by atoms with Crippen molar-refractivity contribution in [2.24, 2.45) is 0 Å². The van der Waals surface area contributed by atoms with Crippen LogP contribution in [0.1, 0.15) is 0 Å². The molecule has 4 nitrogen and oxygen atoms in total. The fourth-order valence-corrected chi connectivity index (χ4v) is 1.81. The van der Waals surface area contributed by atoms with Crippen LogP contribution in [0.3, 0.4) is 0 Å². The average Bonchev–Trinajstić information content (AvgIpc) is 2.89. The maximum absolute atomic E-state index is 13.6. The Balaban J connectivity index is 2.00. The topological polar surface area (TPSA) is 56.7 Å². The van der Waals surface area contributed by atoms with E-state index in [-0.39, 0.29) is 5.82 Å². The van der Waals surface area contributed by atoms with E-state index in [1.165, 1.54) is 16.9 Å². The number of nitrogen functional groups attached to an aromatic ring is 1. The number of rotatable bonds is 2. The van der Waals surface area contributed by atoms with Crippen LogP contribution in [0.4, 0.5) is 10.1 Å². The van der Waals surface area contributed by atoms with E-state index in [1.54, 1.807) is 18.5 Å². The van der Waals surface area contributed by atoms with Crippen molar-refractivity contribution < 1.29 is 4.39 Å². The molecule has 0 bridgehead atoms. The van der Waals surface area contributed by atoms with Gasteiger partial charge in [-0.05, 0) is 29.8 Å². The van der Waals surface area contributed by atoms with Crippen LogP contribution in [0.15, 0.2) is 55.0 Å². The van der Waals surface area contributed by atoms with Gasteiger partial charge in [-0.2, -0.15) is 5.10 Å². The summed E-state index contributed by atoms with van der Waals surface area (Å²) in [5.41, 5.74) is 8.19. The van der Waals surface area contributed by atoms with Crippen LogP contribution >= 0.6 is 0 Å². The van der Waals surface area contributed by atoms with E-state index in [4.69, 9.17) is 5.73 Å². The van der Waals surface area contributed by atoms with E-state index in [2.05, 4.69) is 10.1 Å². The second-order valence-electron chi connectivity index (χ2n) is 4.10. The Morgan fingerprint density at radius 3 is 2.58 bits per heavy atom. The lowest BCUT2D eigenvalue weighted by molar-refractivity contribution is 0.600. The van der Waals surface area contributed by atoms with Gasteiger partial charge in [0.1, 0.15) is 0 Å². The lowest BCUT2D eigenvalue weighted by atomic mass is 10.1. The van der Waals surface area contributed by atoms with Crippen LogP contribution in [0.2, 0.25) is 0 Å². The molecule has 0 saturated heterocycles. The fraction of sp³-hybridized carbons (Fsp3) is 0. The zero-order valence-corrected chi connectivity index (χ0v) is 9.99. The van der Waals surface area contributed by atoms with Gasteiger partial charge in [0, 0.05) is 23.6 Å². The zero-order valence-electron chi connectivity index (χ0n) is 9.99. The first-order valence-electron chi connectivity index (χ1n) is 5.75. The van der Waals surface area contributed by atoms with Crippen LogP contribution in [0, 0.1) is 5.82 Å². The second kappa shape index (κ2) is 4.53. The van der Waals surface area contributed by atoms with Crippen LogP contribution in [0.5, 0.6) is 0 Å². The number of anilines is 1. The van der Waals surface area contributed by atoms with Gasteiger partial charge < -0.3 is 5.73 Å². The van der Waals surface area contributed by atoms with Gasteiger partial charge in [-0.25, -0.2) is 14.1 Å². The SMILES string of the molecule is Nc1ccc(-c2cnn(-c3ncccc3F)c2)cc1. The molecule has 2 N–H and O–H groups in total. The summed E-state index contributed by atoms with van der Waals surface area (Å²) in [5.74, 6) is -0.223. The molecule has 0 amide bonds. The van der Waals surface area contributed by atoms with Crippen LogP contribution < -0.4 is 5.73 Å². The highest BCUT2D eigenvalue weighted by Crippen LogP contribution is 2.21. The summed E-state index contributed by atoms with van der Waals surface area (Å²) in [5, 5.41) is 4.13. The predicted molar refractivity (Wildman–Crippen MR) is 71.2 cm³/mol. The Morgan fingerprint density at radius 2 is 1.84 bits per heavy atom. The summed E-state index contributed by atoms with van der Waals surface area (Å²) < 4.78 is 15.0. The summed E-state index contributed by atoms with van der Waals surface area (Å²) in [6.07, 6.45) is 4.93. The van der Waals surface area contributed by atoms with Gasteiger partial charge in [0.15, 0.2) is 11.6 Å². The Bertz CT molecular complexity index is 703. The van der Waals surface area contributed by atoms with E-state index < -0.39 is 5.82 Å². The quantitative estimate of drug-likeness (QED) is 0.715. The number of aromatic nitrogens is 3. The zero-order chi connectivity index (χ0) is 13.2. The molecule has 0 radical (unpaired) electrons. The highest BCUT2D eigenvalue weighted by Gasteiger charge is 2.08. The van der Waals surface area contributed by atoms with Crippen LogP contribution in [0.25, 0.3) is 16.9 Å². The maximum atomic E-state index is 13.6. The Labute approximate surface area is 109 Å². The molecule has 0 atom stereocenters. The third-order valence-electron chi connectivity index (χ3n) is 2.78. The molecule has 1 aromatic carbocycles. The lowest BCUT2D eigenvalue weighted by Crippen LogP contribution is -2.00. The summed E-state index contributed by atoms with van der Waals surface area (Å²) in [7, 11) is 0. The van der Waals surface area contributed by atoms with Crippen molar-refractivity contribution in [2.45, 2.75) is 0 Å². The normalized spacial score (nSPS) is 10.6. The van der Waals surface area contributed by atoms with Crippen molar-refractivity contribution in [1.82, 2.24) is 14.8 Å². The molecule has 2 aromatic heterocycles. The molecular formula is C14H11FN4. The molecular weight excluding hydrogens is 243 g/mol. The smallest absolute Gasteiger partial charge is 0.189 e. The summed E-state index contributed by atoms with van der Waals surface area (Å²) in [6.45, 7) is 0. The second-order valence-corrected chi connectivity index (χ2v) is 4.10. The maximum Gasteiger partial charge on any atom is 0.189 e. The van der Waals surface area contributed by atoms with Crippen molar-refractivity contribution in [1.29, 1.82) is 0 Å². The fourth-order valence-electron chi connectivity index (χ4n) is 1.81. The summed E-state index contributed by atoms with van der Waals surface area (Å²) in [6, 6.07) is 10.3. The average molecular weight is 254 g/mol. The molecule has 0 aliphatic heterocycles. The Kier molecular flexibility index (Phi) is 2.72. The molecule has 0 saturated carbocycles. The first kappa shape index (κ1) is 11.4. The van der Waals surface area contributed by atoms with E-state index in [9.17, 15) is 4.39 Å². The molecule has 3 rings (SSSR count). The molecule has 19 heavy (non-hydrogen) atoms. The van der Waals surface area contributed by atoms with Crippen molar-refractivity contribution in [3.8, 4) is 16.9 Å². The molecule has 0 unspecified atom stereocenters. The Hall–Kier alpha value is -2.69. The van der Waals surface area contributed by atoms with E-state index >= 15 is 0 Å². The Morgan fingerprint density at radius 1 is 1.05 bits per heavy atom. The first-order chi connectivity index (χ1) is 9.24. The van der Waals surface area contributed by atoms with Crippen LogP contribution in [-0.2, 0) is 0 Å². The number of nitrogens with zero attached hydrogens (tertiary/aromatic N) is 3. The highest BCUT2D eigenvalue weighted by molar-refractivity contribution is 5.64. The van der Waals surface area contributed by atoms with Gasteiger partial charge in [0.05, 0.1) is 6.20 Å². The number of benzene rings is 1. The third-order valence-corrected chi connectivity index (χ3v) is 2.78. The summed E-state index contributed by atoms with van der Waals surface area (Å²) in [4.78, 5) is 3.98. The molecule has 2 heterocycles. The van der Waals surface area contributed by atoms with Gasteiger partial charge in [-0.1, -0.05) is 12.1 Å². The minimum Gasteiger partial charge on any atom is -0.399 e. The summed E-state index contributed by atoms with van der Waals surface area (Å²) >= 11 is 0. The van der Waals surface area contributed by atoms with Gasteiger partial charge in [0.2, 0.25) is 0 Å². The number of pyridine rings is 1. The van der Waals surface area contributed by atoms with Crippen LogP contribution in [-0.4, -0.2) is 14.8 Å². The molecule has 0 fully saturated rings. The standard InChI is InChI=1S/C14H11FN4/c15-13-2-1-7-17-14(13)19-9-11(8-18-19)10-3-5-12(16)6-4-10/h1-9H,16H2. The number of halogens is 1. The van der Waals surface area contributed by atoms with Crippen molar-refractivity contribution in [3.63, 3.8) is 0 Å². The number of hydrogen-bond donors (Lipinski definition) is 1. The van der Waals surface area contributed by atoms with Gasteiger partial charge in [-0.3, -0.25) is 0 Å². The van der Waals surface area contributed by atoms with Crippen molar-refractivity contribution in [2.75, 3.05) is 5.73 Å². The third kappa shape index (κ3) is 2.18. The molecule has 5 heteroatoms. The largest absolute Gasteiger partial charge is 0.399 e. The molecule has 3 aromatic rings.